The van der Waals surface area contributed by atoms with E-state index in [-0.39, 0.29) is 29.5 Å². The summed E-state index contributed by atoms with van der Waals surface area (Å²) in [5.41, 5.74) is 1.49. The molecule has 2 amide bonds. The number of likely N-dealkylation sites (tertiary alicyclic amines) is 1. The first-order chi connectivity index (χ1) is 13.0. The molecule has 27 heavy (non-hydrogen) atoms. The van der Waals surface area contributed by atoms with Crippen molar-refractivity contribution < 1.29 is 14.0 Å². The maximum absolute atomic E-state index is 13.3. The monoisotopic (exact) mass is 368 g/mol. The SMILES string of the molecule is CC(C)CNC(=O)C1CN(C(=O)c2ccccc2)CC1c1ccc(F)cc1. The van der Waals surface area contributed by atoms with Gasteiger partial charge in [-0.1, -0.05) is 44.2 Å². The molecule has 1 saturated heterocycles. The van der Waals surface area contributed by atoms with Crippen LogP contribution in [0.15, 0.2) is 54.6 Å². The van der Waals surface area contributed by atoms with Crippen molar-refractivity contribution in [3.8, 4) is 0 Å². The Balaban J connectivity index is 1.82. The van der Waals surface area contributed by atoms with Gasteiger partial charge in [0, 0.05) is 31.1 Å². The van der Waals surface area contributed by atoms with Gasteiger partial charge in [-0.25, -0.2) is 4.39 Å². The first-order valence-electron chi connectivity index (χ1n) is 9.33. The van der Waals surface area contributed by atoms with Crippen LogP contribution in [-0.4, -0.2) is 36.3 Å². The highest BCUT2D eigenvalue weighted by Gasteiger charge is 2.40. The van der Waals surface area contributed by atoms with E-state index in [9.17, 15) is 14.0 Å². The molecular weight excluding hydrogens is 343 g/mol. The quantitative estimate of drug-likeness (QED) is 0.879. The third kappa shape index (κ3) is 4.54. The molecule has 4 nitrogen and oxygen atoms in total. The number of nitrogens with one attached hydrogen (secondary N) is 1. The largest absolute Gasteiger partial charge is 0.356 e. The third-order valence-corrected chi connectivity index (χ3v) is 4.95. The van der Waals surface area contributed by atoms with Gasteiger partial charge in [-0.2, -0.15) is 0 Å². The first kappa shape index (κ1) is 19.1. The number of nitrogens with zero attached hydrogens (tertiary/aromatic N) is 1. The number of rotatable bonds is 5. The molecule has 2 unspecified atom stereocenters. The molecule has 0 saturated carbocycles. The van der Waals surface area contributed by atoms with E-state index in [1.54, 1.807) is 29.2 Å². The maximum atomic E-state index is 13.3. The number of carbonyl (C=O) groups excluding carboxylic acids is 2. The van der Waals surface area contributed by atoms with Gasteiger partial charge < -0.3 is 10.2 Å². The summed E-state index contributed by atoms with van der Waals surface area (Å²) in [5, 5.41) is 2.98. The third-order valence-electron chi connectivity index (χ3n) is 4.95. The van der Waals surface area contributed by atoms with Crippen LogP contribution in [0.2, 0.25) is 0 Å². The normalized spacial score (nSPS) is 19.3. The molecule has 1 fully saturated rings. The minimum Gasteiger partial charge on any atom is -0.356 e. The van der Waals surface area contributed by atoms with Gasteiger partial charge in [-0.3, -0.25) is 9.59 Å². The summed E-state index contributed by atoms with van der Waals surface area (Å²) in [7, 11) is 0. The van der Waals surface area contributed by atoms with Crippen molar-refractivity contribution in [2.24, 2.45) is 11.8 Å². The van der Waals surface area contributed by atoms with Gasteiger partial charge in [-0.05, 0) is 35.7 Å². The Hall–Kier alpha value is -2.69. The van der Waals surface area contributed by atoms with Gasteiger partial charge in [0.1, 0.15) is 5.82 Å². The summed E-state index contributed by atoms with van der Waals surface area (Å²) >= 11 is 0. The molecule has 1 aliphatic heterocycles. The number of hydrogen-bond acceptors (Lipinski definition) is 2. The first-order valence-corrected chi connectivity index (χ1v) is 9.33. The van der Waals surface area contributed by atoms with Crippen LogP contribution in [0, 0.1) is 17.7 Å². The van der Waals surface area contributed by atoms with Gasteiger partial charge >= 0.3 is 0 Å². The Morgan fingerprint density at radius 3 is 2.37 bits per heavy atom. The molecule has 2 aromatic rings. The molecule has 3 rings (SSSR count). The summed E-state index contributed by atoms with van der Waals surface area (Å²) in [6, 6.07) is 15.3. The van der Waals surface area contributed by atoms with E-state index in [2.05, 4.69) is 5.32 Å². The van der Waals surface area contributed by atoms with Crippen molar-refractivity contribution in [2.75, 3.05) is 19.6 Å². The molecule has 5 heteroatoms. The number of hydrogen-bond donors (Lipinski definition) is 1. The van der Waals surface area contributed by atoms with Gasteiger partial charge in [0.25, 0.3) is 5.91 Å². The zero-order chi connectivity index (χ0) is 19.4. The lowest BCUT2D eigenvalue weighted by atomic mass is 9.88. The van der Waals surface area contributed by atoms with E-state index in [0.29, 0.717) is 31.1 Å². The van der Waals surface area contributed by atoms with Crippen LogP contribution in [0.4, 0.5) is 4.39 Å². The zero-order valence-electron chi connectivity index (χ0n) is 15.7. The molecule has 0 spiro atoms. The van der Waals surface area contributed by atoms with Crippen LogP contribution < -0.4 is 5.32 Å². The standard InChI is InChI=1S/C22H25FN2O2/c1-15(2)12-24-21(26)20-14-25(22(27)17-6-4-3-5-7-17)13-19(20)16-8-10-18(23)11-9-16/h3-11,15,19-20H,12-14H2,1-2H3,(H,24,26). The van der Waals surface area contributed by atoms with Gasteiger partial charge in [0.2, 0.25) is 5.91 Å². The number of halogens is 1. The molecule has 0 aromatic heterocycles. The Morgan fingerprint density at radius 2 is 1.74 bits per heavy atom. The molecule has 1 heterocycles. The zero-order valence-corrected chi connectivity index (χ0v) is 15.7. The predicted molar refractivity (Wildman–Crippen MR) is 103 cm³/mol. The van der Waals surface area contributed by atoms with Crippen molar-refractivity contribution in [3.05, 3.63) is 71.5 Å². The molecule has 1 aliphatic rings. The van der Waals surface area contributed by atoms with Crippen molar-refractivity contribution >= 4 is 11.8 Å². The molecule has 2 aromatic carbocycles. The van der Waals surface area contributed by atoms with E-state index >= 15 is 0 Å². The molecule has 142 valence electrons. The van der Waals surface area contributed by atoms with E-state index < -0.39 is 0 Å². The number of amides is 2. The number of benzene rings is 2. The average molecular weight is 368 g/mol. The lowest BCUT2D eigenvalue weighted by Crippen LogP contribution is -2.37. The molecule has 0 radical (unpaired) electrons. The summed E-state index contributed by atoms with van der Waals surface area (Å²) in [5.74, 6) is -0.591. The average Bonchev–Trinajstić information content (AvgIpc) is 3.12. The maximum Gasteiger partial charge on any atom is 0.253 e. The van der Waals surface area contributed by atoms with E-state index in [1.165, 1.54) is 12.1 Å². The minimum atomic E-state index is -0.345. The lowest BCUT2D eigenvalue weighted by Gasteiger charge is -2.18. The van der Waals surface area contributed by atoms with Gasteiger partial charge in [0.15, 0.2) is 0 Å². The van der Waals surface area contributed by atoms with Crippen molar-refractivity contribution in [3.63, 3.8) is 0 Å². The minimum absolute atomic E-state index is 0.0543. The Bertz CT molecular complexity index is 790. The van der Waals surface area contributed by atoms with Crippen LogP contribution in [0.3, 0.4) is 0 Å². The Labute approximate surface area is 159 Å². The lowest BCUT2D eigenvalue weighted by molar-refractivity contribution is -0.125. The second-order valence-electron chi connectivity index (χ2n) is 7.48. The highest BCUT2D eigenvalue weighted by atomic mass is 19.1. The van der Waals surface area contributed by atoms with Crippen LogP contribution in [0.1, 0.15) is 35.7 Å². The molecule has 0 bridgehead atoms. The van der Waals surface area contributed by atoms with Crippen LogP contribution in [0.25, 0.3) is 0 Å². The smallest absolute Gasteiger partial charge is 0.253 e. The fourth-order valence-corrected chi connectivity index (χ4v) is 3.48. The molecular formula is C22H25FN2O2. The fourth-order valence-electron chi connectivity index (χ4n) is 3.48. The summed E-state index contributed by atoms with van der Waals surface area (Å²) in [4.78, 5) is 27.4. The van der Waals surface area contributed by atoms with Crippen molar-refractivity contribution in [2.45, 2.75) is 19.8 Å². The fraction of sp³-hybridized carbons (Fsp3) is 0.364. The highest BCUT2D eigenvalue weighted by Crippen LogP contribution is 2.34. The van der Waals surface area contributed by atoms with Crippen LogP contribution >= 0.6 is 0 Å². The summed E-state index contributed by atoms with van der Waals surface area (Å²) in [6.45, 7) is 5.48. The molecule has 2 atom stereocenters. The Morgan fingerprint density at radius 1 is 1.07 bits per heavy atom. The highest BCUT2D eigenvalue weighted by molar-refractivity contribution is 5.95. The van der Waals surface area contributed by atoms with E-state index in [1.807, 2.05) is 32.0 Å². The molecule has 0 aliphatic carbocycles. The number of carbonyl (C=O) groups is 2. The van der Waals surface area contributed by atoms with E-state index in [4.69, 9.17) is 0 Å². The van der Waals surface area contributed by atoms with E-state index in [0.717, 1.165) is 5.56 Å². The summed E-state index contributed by atoms with van der Waals surface area (Å²) < 4.78 is 13.3. The van der Waals surface area contributed by atoms with Crippen molar-refractivity contribution in [1.82, 2.24) is 10.2 Å². The van der Waals surface area contributed by atoms with Crippen molar-refractivity contribution in [1.29, 1.82) is 0 Å². The topological polar surface area (TPSA) is 49.4 Å². The van der Waals surface area contributed by atoms with Gasteiger partial charge in [-0.15, -0.1) is 0 Å². The summed E-state index contributed by atoms with van der Waals surface area (Å²) in [6.07, 6.45) is 0. The second kappa shape index (κ2) is 8.33. The Kier molecular flexibility index (Phi) is 5.89. The van der Waals surface area contributed by atoms with Crippen LogP contribution in [0.5, 0.6) is 0 Å². The second-order valence-corrected chi connectivity index (χ2v) is 7.48. The predicted octanol–water partition coefficient (Wildman–Crippen LogP) is 3.45. The molecule has 1 N–H and O–H groups in total. The van der Waals surface area contributed by atoms with Gasteiger partial charge in [0.05, 0.1) is 5.92 Å². The van der Waals surface area contributed by atoms with Crippen LogP contribution in [-0.2, 0) is 4.79 Å².